The molecule has 0 aliphatic carbocycles. The van der Waals surface area contributed by atoms with Crippen LogP contribution in [0.4, 0.5) is 0 Å². The lowest BCUT2D eigenvalue weighted by atomic mass is 9.74. The molecule has 1 amide bonds. The van der Waals surface area contributed by atoms with E-state index in [0.717, 1.165) is 37.4 Å². The molecule has 1 aromatic rings. The van der Waals surface area contributed by atoms with Gasteiger partial charge in [0.1, 0.15) is 0 Å². The molecule has 6 heteroatoms. The van der Waals surface area contributed by atoms with Crippen molar-refractivity contribution in [3.8, 4) is 0 Å². The highest BCUT2D eigenvalue weighted by atomic mass is 32.1. The SMILES string of the molecule is COC(=O)C(C)(C)[C@H]1CCCN(Cc2cc(C(N)=O)cs2)C1. The van der Waals surface area contributed by atoms with E-state index >= 15 is 0 Å². The topological polar surface area (TPSA) is 72.6 Å². The minimum absolute atomic E-state index is 0.147. The Morgan fingerprint density at radius 1 is 1.50 bits per heavy atom. The highest BCUT2D eigenvalue weighted by Gasteiger charge is 2.39. The van der Waals surface area contributed by atoms with Crippen molar-refractivity contribution in [3.63, 3.8) is 0 Å². The van der Waals surface area contributed by atoms with Crippen LogP contribution < -0.4 is 5.73 Å². The van der Waals surface area contributed by atoms with Gasteiger partial charge in [0.15, 0.2) is 0 Å². The van der Waals surface area contributed by atoms with Gasteiger partial charge in [-0.1, -0.05) is 0 Å². The van der Waals surface area contributed by atoms with Crippen molar-refractivity contribution in [1.82, 2.24) is 4.90 Å². The molecule has 1 saturated heterocycles. The van der Waals surface area contributed by atoms with E-state index in [1.54, 1.807) is 16.7 Å². The maximum atomic E-state index is 12.0. The van der Waals surface area contributed by atoms with Crippen LogP contribution in [-0.4, -0.2) is 37.0 Å². The number of carbonyl (C=O) groups excluding carboxylic acids is 2. The predicted molar refractivity (Wildman–Crippen MR) is 86.6 cm³/mol. The predicted octanol–water partition coefficient (Wildman–Crippen LogP) is 2.26. The van der Waals surface area contributed by atoms with Crippen molar-refractivity contribution in [1.29, 1.82) is 0 Å². The standard InChI is InChI=1S/C16H24N2O3S/c1-16(2,15(20)21-3)12-5-4-6-18(8-12)9-13-7-11(10-22-13)14(17)19/h7,10,12H,4-6,8-9H2,1-3H3,(H2,17,19)/t12-/m0/s1. The zero-order valence-electron chi connectivity index (χ0n) is 13.4. The molecule has 2 N–H and O–H groups in total. The van der Waals surface area contributed by atoms with Crippen LogP contribution in [0.25, 0.3) is 0 Å². The molecule has 22 heavy (non-hydrogen) atoms. The van der Waals surface area contributed by atoms with E-state index in [0.29, 0.717) is 5.56 Å². The number of ether oxygens (including phenoxy) is 1. The first kappa shape index (κ1) is 17.0. The number of thiophene rings is 1. The Kier molecular flexibility index (Phi) is 5.24. The van der Waals surface area contributed by atoms with Crippen LogP contribution >= 0.6 is 11.3 Å². The fourth-order valence-electron chi connectivity index (χ4n) is 3.03. The fraction of sp³-hybridized carbons (Fsp3) is 0.625. The monoisotopic (exact) mass is 324 g/mol. The summed E-state index contributed by atoms with van der Waals surface area (Å²) in [6.07, 6.45) is 2.11. The lowest BCUT2D eigenvalue weighted by Gasteiger charge is -2.39. The summed E-state index contributed by atoms with van der Waals surface area (Å²) < 4.78 is 4.94. The molecule has 1 fully saturated rings. The second-order valence-corrected chi connectivity index (χ2v) is 7.45. The lowest BCUT2D eigenvalue weighted by Crippen LogP contribution is -2.44. The number of nitrogens with zero attached hydrogens (tertiary/aromatic N) is 1. The quantitative estimate of drug-likeness (QED) is 0.843. The van der Waals surface area contributed by atoms with Gasteiger partial charge in [0.25, 0.3) is 0 Å². The molecule has 1 aromatic heterocycles. The van der Waals surface area contributed by atoms with Gasteiger partial charge < -0.3 is 10.5 Å². The summed E-state index contributed by atoms with van der Waals surface area (Å²) >= 11 is 1.56. The van der Waals surface area contributed by atoms with E-state index in [4.69, 9.17) is 10.5 Å². The maximum Gasteiger partial charge on any atom is 0.311 e. The Bertz CT molecular complexity index is 553. The van der Waals surface area contributed by atoms with Crippen LogP contribution in [0.5, 0.6) is 0 Å². The zero-order chi connectivity index (χ0) is 16.3. The summed E-state index contributed by atoms with van der Waals surface area (Å²) in [4.78, 5) is 26.6. The summed E-state index contributed by atoms with van der Waals surface area (Å²) in [7, 11) is 1.45. The van der Waals surface area contributed by atoms with Crippen molar-refractivity contribution < 1.29 is 14.3 Å². The highest BCUT2D eigenvalue weighted by Crippen LogP contribution is 2.35. The summed E-state index contributed by atoms with van der Waals surface area (Å²) in [5, 5.41) is 1.80. The van der Waals surface area contributed by atoms with E-state index in [9.17, 15) is 9.59 Å². The number of piperidine rings is 1. The van der Waals surface area contributed by atoms with Crippen LogP contribution in [0.1, 0.15) is 41.9 Å². The van der Waals surface area contributed by atoms with Crippen LogP contribution in [0.3, 0.4) is 0 Å². The first-order valence-electron chi connectivity index (χ1n) is 7.52. The molecule has 0 aromatic carbocycles. The summed E-state index contributed by atoms with van der Waals surface area (Å²) in [5.41, 5.74) is 5.39. The number of rotatable bonds is 5. The van der Waals surface area contributed by atoms with Gasteiger partial charge in [0, 0.05) is 23.3 Å². The van der Waals surface area contributed by atoms with Gasteiger partial charge in [-0.15, -0.1) is 11.3 Å². The molecule has 2 heterocycles. The number of methoxy groups -OCH3 is 1. The molecular weight excluding hydrogens is 300 g/mol. The van der Waals surface area contributed by atoms with Gasteiger partial charge in [-0.3, -0.25) is 14.5 Å². The lowest BCUT2D eigenvalue weighted by molar-refractivity contribution is -0.155. The van der Waals surface area contributed by atoms with E-state index in [2.05, 4.69) is 4.90 Å². The second kappa shape index (κ2) is 6.79. The largest absolute Gasteiger partial charge is 0.469 e. The molecule has 0 unspecified atom stereocenters. The number of esters is 1. The summed E-state index contributed by atoms with van der Waals surface area (Å²) in [6.45, 7) is 6.60. The number of amides is 1. The van der Waals surface area contributed by atoms with E-state index in [-0.39, 0.29) is 17.8 Å². The molecule has 5 nitrogen and oxygen atoms in total. The smallest absolute Gasteiger partial charge is 0.311 e. The molecule has 0 bridgehead atoms. The van der Waals surface area contributed by atoms with Crippen molar-refractivity contribution in [2.75, 3.05) is 20.2 Å². The van der Waals surface area contributed by atoms with Crippen molar-refractivity contribution in [3.05, 3.63) is 21.9 Å². The Morgan fingerprint density at radius 2 is 2.23 bits per heavy atom. The van der Waals surface area contributed by atoms with Crippen molar-refractivity contribution in [2.45, 2.75) is 33.2 Å². The third-order valence-electron chi connectivity index (χ3n) is 4.56. The van der Waals surface area contributed by atoms with Gasteiger partial charge in [-0.05, 0) is 45.2 Å². The van der Waals surface area contributed by atoms with Crippen LogP contribution in [0.2, 0.25) is 0 Å². The normalized spacial score (nSPS) is 19.9. The van der Waals surface area contributed by atoms with Crippen molar-refractivity contribution >= 4 is 23.2 Å². The Morgan fingerprint density at radius 3 is 2.82 bits per heavy atom. The maximum absolute atomic E-state index is 12.0. The molecule has 122 valence electrons. The average Bonchev–Trinajstić information content (AvgIpc) is 2.95. The third-order valence-corrected chi connectivity index (χ3v) is 5.48. The molecule has 1 aliphatic rings. The van der Waals surface area contributed by atoms with Gasteiger partial charge in [-0.2, -0.15) is 0 Å². The molecule has 1 aliphatic heterocycles. The average molecular weight is 324 g/mol. The van der Waals surface area contributed by atoms with E-state index < -0.39 is 5.41 Å². The van der Waals surface area contributed by atoms with Crippen LogP contribution in [0, 0.1) is 11.3 Å². The van der Waals surface area contributed by atoms with Gasteiger partial charge in [0.05, 0.1) is 18.1 Å². The van der Waals surface area contributed by atoms with Crippen LogP contribution in [0.15, 0.2) is 11.4 Å². The number of hydrogen-bond acceptors (Lipinski definition) is 5. The van der Waals surface area contributed by atoms with Crippen LogP contribution in [-0.2, 0) is 16.1 Å². The van der Waals surface area contributed by atoms with Gasteiger partial charge in [-0.25, -0.2) is 0 Å². The highest BCUT2D eigenvalue weighted by molar-refractivity contribution is 7.10. The fourth-order valence-corrected chi connectivity index (χ4v) is 3.95. The van der Waals surface area contributed by atoms with E-state index in [1.165, 1.54) is 7.11 Å². The number of hydrogen-bond donors (Lipinski definition) is 1. The Hall–Kier alpha value is -1.40. The van der Waals surface area contributed by atoms with Gasteiger partial charge >= 0.3 is 5.97 Å². The minimum Gasteiger partial charge on any atom is -0.469 e. The minimum atomic E-state index is -0.471. The number of carbonyl (C=O) groups is 2. The number of nitrogens with two attached hydrogens (primary N) is 1. The number of primary amides is 1. The van der Waals surface area contributed by atoms with Gasteiger partial charge in [0.2, 0.25) is 5.91 Å². The summed E-state index contributed by atoms with van der Waals surface area (Å²) in [6, 6.07) is 1.86. The second-order valence-electron chi connectivity index (χ2n) is 6.45. The molecule has 1 atom stereocenters. The molecule has 2 rings (SSSR count). The molecular formula is C16H24N2O3S. The zero-order valence-corrected chi connectivity index (χ0v) is 14.2. The molecule has 0 saturated carbocycles. The third kappa shape index (κ3) is 3.67. The number of likely N-dealkylation sites (tertiary alicyclic amines) is 1. The molecule has 0 radical (unpaired) electrons. The Balaban J connectivity index is 2.01. The van der Waals surface area contributed by atoms with Crippen molar-refractivity contribution in [2.24, 2.45) is 17.1 Å². The Labute approximate surface area is 135 Å². The van der Waals surface area contributed by atoms with E-state index in [1.807, 2.05) is 19.9 Å². The first-order chi connectivity index (χ1) is 10.3. The first-order valence-corrected chi connectivity index (χ1v) is 8.40. The summed E-state index contributed by atoms with van der Waals surface area (Å²) in [5.74, 6) is -0.249. The molecule has 0 spiro atoms.